The Labute approximate surface area is 148 Å². The zero-order valence-electron chi connectivity index (χ0n) is 14.0. The second-order valence-corrected chi connectivity index (χ2v) is 5.56. The van der Waals surface area contributed by atoms with Gasteiger partial charge in [-0.1, -0.05) is 12.1 Å². The van der Waals surface area contributed by atoms with Crippen molar-refractivity contribution in [1.29, 1.82) is 0 Å². The highest BCUT2D eigenvalue weighted by atomic mass is 19.4. The summed E-state index contributed by atoms with van der Waals surface area (Å²) in [5, 5.41) is 2.63. The quantitative estimate of drug-likeness (QED) is 0.787. The van der Waals surface area contributed by atoms with Gasteiger partial charge in [-0.25, -0.2) is 0 Å². The number of carbonyl (C=O) groups excluding carboxylic acids is 1. The third-order valence-corrected chi connectivity index (χ3v) is 3.46. The van der Waals surface area contributed by atoms with E-state index in [0.717, 1.165) is 12.1 Å². The number of anilines is 1. The van der Waals surface area contributed by atoms with Crippen LogP contribution in [0, 0.1) is 0 Å². The molecule has 8 heteroatoms. The van der Waals surface area contributed by atoms with Crippen LogP contribution in [0.1, 0.15) is 11.1 Å². The number of ether oxygens (including phenoxy) is 2. The number of rotatable bonds is 7. The molecule has 0 aromatic heterocycles. The van der Waals surface area contributed by atoms with Crippen LogP contribution in [-0.4, -0.2) is 25.7 Å². The van der Waals surface area contributed by atoms with Gasteiger partial charge in [0, 0.05) is 12.8 Å². The first-order chi connectivity index (χ1) is 12.3. The summed E-state index contributed by atoms with van der Waals surface area (Å²) in [6.07, 6.45) is -4.39. The van der Waals surface area contributed by atoms with Crippen molar-refractivity contribution in [2.24, 2.45) is 5.73 Å². The molecule has 2 aromatic rings. The predicted octanol–water partition coefficient (Wildman–Crippen LogP) is 3.20. The molecule has 1 atom stereocenters. The minimum absolute atomic E-state index is 0.00562. The molecule has 1 unspecified atom stereocenters. The average molecular weight is 368 g/mol. The Kier molecular flexibility index (Phi) is 6.59. The van der Waals surface area contributed by atoms with Gasteiger partial charge in [-0.2, -0.15) is 13.2 Å². The highest BCUT2D eigenvalue weighted by molar-refractivity contribution is 5.94. The van der Waals surface area contributed by atoms with Crippen molar-refractivity contribution in [2.75, 3.05) is 19.0 Å². The normalized spacial score (nSPS) is 12.5. The first kappa shape index (κ1) is 19.7. The topological polar surface area (TPSA) is 73.6 Å². The number of halogens is 3. The fourth-order valence-corrected chi connectivity index (χ4v) is 2.13. The van der Waals surface area contributed by atoms with Crippen LogP contribution in [0.25, 0.3) is 0 Å². The highest BCUT2D eigenvalue weighted by Gasteiger charge is 2.30. The van der Waals surface area contributed by atoms with Crippen molar-refractivity contribution >= 4 is 11.6 Å². The molecule has 0 heterocycles. The van der Waals surface area contributed by atoms with Gasteiger partial charge in [0.25, 0.3) is 0 Å². The lowest BCUT2D eigenvalue weighted by atomic mass is 10.1. The monoisotopic (exact) mass is 368 g/mol. The van der Waals surface area contributed by atoms with Crippen LogP contribution >= 0.6 is 0 Å². The summed E-state index contributed by atoms with van der Waals surface area (Å²) < 4.78 is 48.4. The summed E-state index contributed by atoms with van der Waals surface area (Å²) in [4.78, 5) is 11.8. The minimum Gasteiger partial charge on any atom is -0.489 e. The number of amides is 1. The van der Waals surface area contributed by atoms with Crippen LogP contribution in [-0.2, 0) is 22.3 Å². The lowest BCUT2D eigenvalue weighted by molar-refractivity contribution is -0.137. The molecule has 3 N–H and O–H groups in total. The fraction of sp³-hybridized carbons (Fsp3) is 0.278. The van der Waals surface area contributed by atoms with Crippen LogP contribution in [0.3, 0.4) is 0 Å². The van der Waals surface area contributed by atoms with E-state index in [-0.39, 0.29) is 19.1 Å². The molecule has 0 aliphatic heterocycles. The van der Waals surface area contributed by atoms with E-state index in [0.29, 0.717) is 17.0 Å². The maximum atomic E-state index is 12.7. The van der Waals surface area contributed by atoms with E-state index in [1.807, 2.05) is 0 Å². The standard InChI is InChI=1S/C18H19F3N2O3/c1-25-11-16(22)17(24)23-14-5-7-15(8-6-14)26-10-12-3-2-4-13(9-12)18(19,20)21/h2-9,16H,10-11,22H2,1H3,(H,23,24). The van der Waals surface area contributed by atoms with Crippen molar-refractivity contribution in [1.82, 2.24) is 0 Å². The molecule has 5 nitrogen and oxygen atoms in total. The lowest BCUT2D eigenvalue weighted by Crippen LogP contribution is -2.39. The number of nitrogens with two attached hydrogens (primary N) is 1. The van der Waals surface area contributed by atoms with Crippen molar-refractivity contribution in [3.8, 4) is 5.75 Å². The van der Waals surface area contributed by atoms with Crippen molar-refractivity contribution in [3.63, 3.8) is 0 Å². The van der Waals surface area contributed by atoms with Gasteiger partial charge in [0.15, 0.2) is 0 Å². The van der Waals surface area contributed by atoms with Gasteiger partial charge < -0.3 is 20.5 Å². The Bertz CT molecular complexity index is 733. The van der Waals surface area contributed by atoms with E-state index in [1.54, 1.807) is 30.3 Å². The molecule has 0 aliphatic rings. The van der Waals surface area contributed by atoms with Gasteiger partial charge >= 0.3 is 6.18 Å². The van der Waals surface area contributed by atoms with E-state index >= 15 is 0 Å². The van der Waals surface area contributed by atoms with Gasteiger partial charge in [-0.15, -0.1) is 0 Å². The summed E-state index contributed by atoms with van der Waals surface area (Å²) >= 11 is 0. The molecule has 26 heavy (non-hydrogen) atoms. The van der Waals surface area contributed by atoms with Crippen LogP contribution in [0.2, 0.25) is 0 Å². The van der Waals surface area contributed by atoms with E-state index < -0.39 is 17.8 Å². The molecule has 0 bridgehead atoms. The number of carbonyl (C=O) groups is 1. The molecule has 0 saturated carbocycles. The van der Waals surface area contributed by atoms with Gasteiger partial charge in [0.05, 0.1) is 12.2 Å². The zero-order chi connectivity index (χ0) is 19.2. The maximum absolute atomic E-state index is 12.7. The SMILES string of the molecule is COCC(N)C(=O)Nc1ccc(OCc2cccc(C(F)(F)F)c2)cc1. The summed E-state index contributed by atoms with van der Waals surface area (Å²) in [6, 6.07) is 10.6. The predicted molar refractivity (Wildman–Crippen MR) is 90.7 cm³/mol. The second kappa shape index (κ2) is 8.68. The molecule has 0 spiro atoms. The third kappa shape index (κ3) is 5.75. The second-order valence-electron chi connectivity index (χ2n) is 5.56. The number of methoxy groups -OCH3 is 1. The molecule has 2 rings (SSSR count). The first-order valence-electron chi connectivity index (χ1n) is 7.74. The zero-order valence-corrected chi connectivity index (χ0v) is 14.0. The van der Waals surface area contributed by atoms with Crippen molar-refractivity contribution in [2.45, 2.75) is 18.8 Å². The summed E-state index contributed by atoms with van der Waals surface area (Å²) in [5.41, 5.74) is 5.83. The third-order valence-electron chi connectivity index (χ3n) is 3.46. The van der Waals surface area contributed by atoms with E-state index in [9.17, 15) is 18.0 Å². The Balaban J connectivity index is 1.93. The Hall–Kier alpha value is -2.58. The maximum Gasteiger partial charge on any atom is 0.416 e. The van der Waals surface area contributed by atoms with Crippen LogP contribution in [0.5, 0.6) is 5.75 Å². The minimum atomic E-state index is -4.39. The molecule has 0 fully saturated rings. The lowest BCUT2D eigenvalue weighted by Gasteiger charge is -2.12. The van der Waals surface area contributed by atoms with E-state index in [4.69, 9.17) is 15.2 Å². The first-order valence-corrected chi connectivity index (χ1v) is 7.74. The molecule has 140 valence electrons. The summed E-state index contributed by atoms with van der Waals surface area (Å²) in [5.74, 6) is 0.0751. The van der Waals surface area contributed by atoms with Crippen LogP contribution in [0.15, 0.2) is 48.5 Å². The average Bonchev–Trinajstić information content (AvgIpc) is 2.61. The van der Waals surface area contributed by atoms with Gasteiger partial charge in [-0.3, -0.25) is 4.79 Å². The highest BCUT2D eigenvalue weighted by Crippen LogP contribution is 2.29. The Morgan fingerprint density at radius 1 is 1.19 bits per heavy atom. The molecule has 0 saturated heterocycles. The van der Waals surface area contributed by atoms with E-state index in [2.05, 4.69) is 5.32 Å². The largest absolute Gasteiger partial charge is 0.489 e. The number of nitrogens with one attached hydrogen (secondary N) is 1. The molecule has 1 amide bonds. The fourth-order valence-electron chi connectivity index (χ4n) is 2.13. The Morgan fingerprint density at radius 2 is 1.88 bits per heavy atom. The van der Waals surface area contributed by atoms with Crippen molar-refractivity contribution < 1.29 is 27.4 Å². The number of hydrogen-bond donors (Lipinski definition) is 2. The summed E-state index contributed by atoms with van der Waals surface area (Å²) in [6.45, 7) is 0.0956. The Morgan fingerprint density at radius 3 is 2.50 bits per heavy atom. The van der Waals surface area contributed by atoms with E-state index in [1.165, 1.54) is 13.2 Å². The number of hydrogen-bond acceptors (Lipinski definition) is 4. The molecule has 0 aliphatic carbocycles. The van der Waals surface area contributed by atoms with Crippen molar-refractivity contribution in [3.05, 3.63) is 59.7 Å². The van der Waals surface area contributed by atoms with Crippen LogP contribution in [0.4, 0.5) is 18.9 Å². The van der Waals surface area contributed by atoms with Crippen LogP contribution < -0.4 is 15.8 Å². The molecule has 2 aromatic carbocycles. The molecule has 0 radical (unpaired) electrons. The number of benzene rings is 2. The number of alkyl halides is 3. The van der Waals surface area contributed by atoms with Gasteiger partial charge in [0.2, 0.25) is 5.91 Å². The smallest absolute Gasteiger partial charge is 0.416 e. The summed E-state index contributed by atoms with van der Waals surface area (Å²) in [7, 11) is 1.45. The molecular weight excluding hydrogens is 349 g/mol. The van der Waals surface area contributed by atoms with Gasteiger partial charge in [-0.05, 0) is 42.0 Å². The molecular formula is C18H19F3N2O3. The van der Waals surface area contributed by atoms with Gasteiger partial charge in [0.1, 0.15) is 18.4 Å².